The van der Waals surface area contributed by atoms with Gasteiger partial charge in [-0.25, -0.2) is 4.98 Å². The van der Waals surface area contributed by atoms with Gasteiger partial charge in [-0.2, -0.15) is 0 Å². The van der Waals surface area contributed by atoms with Crippen molar-refractivity contribution in [2.45, 2.75) is 12.8 Å². The van der Waals surface area contributed by atoms with Crippen molar-refractivity contribution >= 4 is 29.0 Å². The normalized spacial score (nSPS) is 12.6. The Balaban J connectivity index is 1.33. The molecular weight excluding hydrogens is 384 g/mol. The minimum Gasteiger partial charge on any atom is -0.484 e. The summed E-state index contributed by atoms with van der Waals surface area (Å²) >= 11 is 0. The predicted octanol–water partition coefficient (Wildman–Crippen LogP) is 2.55. The lowest BCUT2D eigenvalue weighted by atomic mass is 10.0. The number of ketones is 1. The lowest BCUT2D eigenvalue weighted by Gasteiger charge is -2.17. The number of hydrogen-bond donors (Lipinski definition) is 2. The summed E-state index contributed by atoms with van der Waals surface area (Å²) in [7, 11) is 1.76. The van der Waals surface area contributed by atoms with Crippen LogP contribution in [-0.4, -0.2) is 33.8 Å². The van der Waals surface area contributed by atoms with Crippen LogP contribution in [0.25, 0.3) is 0 Å². The van der Waals surface area contributed by atoms with Gasteiger partial charge in [0.1, 0.15) is 5.75 Å². The van der Waals surface area contributed by atoms with Gasteiger partial charge in [-0.05, 0) is 54.4 Å². The summed E-state index contributed by atoms with van der Waals surface area (Å²) in [4.78, 5) is 40.1. The number of anilines is 2. The summed E-state index contributed by atoms with van der Waals surface area (Å²) in [6.07, 6.45) is 4.37. The second-order valence-corrected chi connectivity index (χ2v) is 6.97. The molecule has 0 atom stereocenters. The largest absolute Gasteiger partial charge is 0.484 e. The van der Waals surface area contributed by atoms with Gasteiger partial charge in [0.15, 0.2) is 12.4 Å². The van der Waals surface area contributed by atoms with Gasteiger partial charge in [0.05, 0.1) is 0 Å². The van der Waals surface area contributed by atoms with Crippen molar-refractivity contribution < 1.29 is 19.1 Å². The van der Waals surface area contributed by atoms with Crippen LogP contribution in [0.4, 0.5) is 11.4 Å². The summed E-state index contributed by atoms with van der Waals surface area (Å²) in [6.45, 7) is -0.154. The topological polar surface area (TPSA) is 102 Å². The van der Waals surface area contributed by atoms with Gasteiger partial charge in [0.2, 0.25) is 11.7 Å². The highest BCUT2D eigenvalue weighted by Crippen LogP contribution is 2.26. The minimum absolute atomic E-state index is 0.00295. The molecule has 4 rings (SSSR count). The first-order valence-electron chi connectivity index (χ1n) is 9.47. The van der Waals surface area contributed by atoms with Gasteiger partial charge < -0.3 is 19.9 Å². The van der Waals surface area contributed by atoms with Crippen LogP contribution in [-0.2, 0) is 23.1 Å². The Morgan fingerprint density at radius 1 is 1.17 bits per heavy atom. The molecule has 0 saturated carbocycles. The smallest absolute Gasteiger partial charge is 0.262 e. The molecule has 2 aromatic carbocycles. The second kappa shape index (κ2) is 8.20. The Morgan fingerprint density at radius 2 is 1.97 bits per heavy atom. The Kier molecular flexibility index (Phi) is 5.30. The fourth-order valence-electron chi connectivity index (χ4n) is 3.21. The van der Waals surface area contributed by atoms with Crippen LogP contribution < -0.4 is 15.4 Å². The fraction of sp³-hybridized carbons (Fsp3) is 0.182. The van der Waals surface area contributed by atoms with E-state index in [1.807, 2.05) is 6.07 Å². The molecule has 0 radical (unpaired) electrons. The van der Waals surface area contributed by atoms with Crippen molar-refractivity contribution in [3.05, 3.63) is 71.8 Å². The van der Waals surface area contributed by atoms with E-state index in [2.05, 4.69) is 15.6 Å². The van der Waals surface area contributed by atoms with E-state index in [9.17, 15) is 14.4 Å². The van der Waals surface area contributed by atoms with Gasteiger partial charge in [-0.3, -0.25) is 14.4 Å². The van der Waals surface area contributed by atoms with Gasteiger partial charge in [-0.1, -0.05) is 0 Å². The molecule has 0 unspecified atom stereocenters. The van der Waals surface area contributed by atoms with E-state index in [0.29, 0.717) is 35.7 Å². The molecule has 152 valence electrons. The number of benzene rings is 2. The van der Waals surface area contributed by atoms with Crippen LogP contribution in [0, 0.1) is 0 Å². The molecule has 1 aromatic heterocycles. The number of amides is 2. The number of nitrogens with one attached hydrogen (secondary N) is 2. The Hall–Kier alpha value is -3.94. The molecule has 2 amide bonds. The number of nitrogens with zero attached hydrogens (tertiary/aromatic N) is 2. The molecule has 1 aliphatic heterocycles. The Morgan fingerprint density at radius 3 is 2.70 bits per heavy atom. The molecule has 2 heterocycles. The van der Waals surface area contributed by atoms with Crippen LogP contribution in [0.2, 0.25) is 0 Å². The zero-order valence-corrected chi connectivity index (χ0v) is 16.3. The first kappa shape index (κ1) is 19.4. The summed E-state index contributed by atoms with van der Waals surface area (Å²) in [6, 6.07) is 11.9. The number of hydrogen-bond acceptors (Lipinski definition) is 5. The summed E-state index contributed by atoms with van der Waals surface area (Å²) < 4.78 is 7.22. The van der Waals surface area contributed by atoms with E-state index in [4.69, 9.17) is 4.74 Å². The molecule has 8 nitrogen and oxygen atoms in total. The van der Waals surface area contributed by atoms with Crippen molar-refractivity contribution in [3.63, 3.8) is 0 Å². The van der Waals surface area contributed by atoms with Crippen LogP contribution in [0.3, 0.4) is 0 Å². The second-order valence-electron chi connectivity index (χ2n) is 6.97. The molecule has 1 aliphatic rings. The van der Waals surface area contributed by atoms with Crippen molar-refractivity contribution in [1.82, 2.24) is 9.55 Å². The van der Waals surface area contributed by atoms with Crippen molar-refractivity contribution in [3.8, 4) is 5.75 Å². The van der Waals surface area contributed by atoms with Crippen molar-refractivity contribution in [1.29, 1.82) is 0 Å². The highest BCUT2D eigenvalue weighted by Gasteiger charge is 2.16. The lowest BCUT2D eigenvalue weighted by Crippen LogP contribution is -2.21. The zero-order chi connectivity index (χ0) is 21.1. The van der Waals surface area contributed by atoms with Gasteiger partial charge >= 0.3 is 0 Å². The average Bonchev–Trinajstić information content (AvgIpc) is 3.18. The van der Waals surface area contributed by atoms with Gasteiger partial charge in [0, 0.05) is 42.8 Å². The molecule has 8 heteroatoms. The summed E-state index contributed by atoms with van der Waals surface area (Å²) in [5.74, 6) is 0.417. The third-order valence-corrected chi connectivity index (χ3v) is 4.80. The average molecular weight is 404 g/mol. The summed E-state index contributed by atoms with van der Waals surface area (Å²) in [5.41, 5.74) is 2.82. The van der Waals surface area contributed by atoms with E-state index in [-0.39, 0.29) is 24.2 Å². The number of aryl methyl sites for hydroxylation is 2. The van der Waals surface area contributed by atoms with Crippen LogP contribution in [0.15, 0.2) is 54.9 Å². The van der Waals surface area contributed by atoms with Gasteiger partial charge in [0.25, 0.3) is 5.91 Å². The van der Waals surface area contributed by atoms with Crippen LogP contribution >= 0.6 is 0 Å². The lowest BCUT2D eigenvalue weighted by molar-refractivity contribution is -0.118. The number of carbonyl (C=O) groups is 3. The maximum Gasteiger partial charge on any atom is 0.262 e. The number of ether oxygens (including phenoxy) is 1. The molecular formula is C22H20N4O4. The molecule has 0 aliphatic carbocycles. The number of fused-ring (bicyclic) bond motifs is 1. The highest BCUT2D eigenvalue weighted by atomic mass is 16.5. The molecule has 30 heavy (non-hydrogen) atoms. The maximum atomic E-state index is 12.4. The van der Waals surface area contributed by atoms with Crippen LogP contribution in [0.5, 0.6) is 5.75 Å². The first-order chi connectivity index (χ1) is 14.5. The molecule has 2 N–H and O–H groups in total. The van der Waals surface area contributed by atoms with E-state index in [1.54, 1.807) is 60.4 Å². The molecule has 0 spiro atoms. The standard InChI is InChI=1S/C22H20N4O4/c1-26-11-10-23-22(26)21(29)14-2-5-16(6-3-14)24-20(28)13-30-17-7-8-18-15(12-17)4-9-19(27)25-18/h2-3,5-8,10-12H,4,9,13H2,1H3,(H,24,28)(H,25,27). The predicted molar refractivity (Wildman–Crippen MR) is 111 cm³/mol. The molecule has 0 saturated heterocycles. The fourth-order valence-corrected chi connectivity index (χ4v) is 3.21. The van der Waals surface area contributed by atoms with Gasteiger partial charge in [-0.15, -0.1) is 0 Å². The monoisotopic (exact) mass is 404 g/mol. The van der Waals surface area contributed by atoms with E-state index in [0.717, 1.165) is 11.3 Å². The number of aromatic nitrogens is 2. The van der Waals surface area contributed by atoms with Crippen molar-refractivity contribution in [2.75, 3.05) is 17.2 Å². The number of carbonyl (C=O) groups excluding carboxylic acids is 3. The SMILES string of the molecule is Cn1ccnc1C(=O)c1ccc(NC(=O)COc2ccc3c(c2)CCC(=O)N3)cc1. The molecule has 0 bridgehead atoms. The maximum absolute atomic E-state index is 12.4. The van der Waals surface area contributed by atoms with Crippen molar-refractivity contribution in [2.24, 2.45) is 7.05 Å². The molecule has 3 aromatic rings. The minimum atomic E-state index is -0.316. The van der Waals surface area contributed by atoms with E-state index >= 15 is 0 Å². The Bertz CT molecular complexity index is 1120. The molecule has 0 fully saturated rings. The first-order valence-corrected chi connectivity index (χ1v) is 9.47. The van der Waals surface area contributed by atoms with E-state index in [1.165, 1.54) is 0 Å². The van der Waals surface area contributed by atoms with E-state index < -0.39 is 0 Å². The zero-order valence-electron chi connectivity index (χ0n) is 16.3. The number of rotatable bonds is 6. The third kappa shape index (κ3) is 4.22. The highest BCUT2D eigenvalue weighted by molar-refractivity contribution is 6.07. The number of imidazole rings is 1. The quantitative estimate of drug-likeness (QED) is 0.615. The summed E-state index contributed by atoms with van der Waals surface area (Å²) in [5, 5.41) is 5.55. The van der Waals surface area contributed by atoms with Crippen LogP contribution in [0.1, 0.15) is 28.2 Å². The third-order valence-electron chi connectivity index (χ3n) is 4.80. The Labute approximate surface area is 172 Å².